The van der Waals surface area contributed by atoms with Crippen LogP contribution in [-0.4, -0.2) is 23.2 Å². The van der Waals surface area contributed by atoms with Crippen LogP contribution in [0.1, 0.15) is 24.2 Å². The van der Waals surface area contributed by atoms with Crippen LogP contribution in [-0.2, 0) is 0 Å². The molecule has 1 aromatic rings. The maximum atomic E-state index is 13.0. The summed E-state index contributed by atoms with van der Waals surface area (Å²) < 4.78 is 13.0. The fraction of sp³-hybridized carbons (Fsp3) is 0.300. The van der Waals surface area contributed by atoms with E-state index in [2.05, 4.69) is 5.32 Å². The van der Waals surface area contributed by atoms with Gasteiger partial charge in [-0.15, -0.1) is 0 Å². The van der Waals surface area contributed by atoms with Gasteiger partial charge in [0.15, 0.2) is 17.3 Å². The molecule has 0 aliphatic carbocycles. The molecule has 84 valence electrons. The van der Waals surface area contributed by atoms with Gasteiger partial charge in [-0.2, -0.15) is 0 Å². The highest BCUT2D eigenvalue weighted by Gasteiger charge is 2.16. The number of halogens is 1. The standard InChI is InChI=1S/C8H8FNO3.C2H6/c1-10-8(13)4-2-3-5(11)7(12)6(4)9;1-2/h2-3,11-12H,1H3,(H,10,13);1-2H3. The largest absolute Gasteiger partial charge is 0.504 e. The summed E-state index contributed by atoms with van der Waals surface area (Å²) in [4.78, 5) is 11.0. The Kier molecular flexibility index (Phi) is 5.15. The number of amides is 1. The number of carbonyl (C=O) groups excluding carboxylic acids is 1. The fourth-order valence-electron chi connectivity index (χ4n) is 0.864. The molecule has 0 radical (unpaired) electrons. The third kappa shape index (κ3) is 2.83. The lowest BCUT2D eigenvalue weighted by molar-refractivity contribution is 0.0958. The molecule has 0 atom stereocenters. The molecule has 0 heterocycles. The van der Waals surface area contributed by atoms with Crippen LogP contribution in [0, 0.1) is 5.82 Å². The van der Waals surface area contributed by atoms with Gasteiger partial charge in [-0.25, -0.2) is 4.39 Å². The molecule has 0 saturated heterocycles. The maximum absolute atomic E-state index is 13.0. The second-order valence-corrected chi connectivity index (χ2v) is 2.37. The highest BCUT2D eigenvalue weighted by atomic mass is 19.1. The maximum Gasteiger partial charge on any atom is 0.254 e. The van der Waals surface area contributed by atoms with E-state index >= 15 is 0 Å². The molecule has 0 aliphatic rings. The molecule has 0 aromatic heterocycles. The molecule has 1 aromatic carbocycles. The van der Waals surface area contributed by atoms with Gasteiger partial charge in [0.05, 0.1) is 5.56 Å². The topological polar surface area (TPSA) is 69.6 Å². The lowest BCUT2D eigenvalue weighted by atomic mass is 10.1. The summed E-state index contributed by atoms with van der Waals surface area (Å²) in [5.41, 5.74) is -0.308. The first kappa shape index (κ1) is 13.2. The molecule has 0 unspecified atom stereocenters. The van der Waals surface area contributed by atoms with Crippen molar-refractivity contribution in [2.24, 2.45) is 0 Å². The monoisotopic (exact) mass is 215 g/mol. The normalized spacial score (nSPS) is 8.80. The Labute approximate surface area is 87.4 Å². The molecule has 5 heteroatoms. The van der Waals surface area contributed by atoms with Crippen molar-refractivity contribution >= 4 is 5.91 Å². The highest BCUT2D eigenvalue weighted by Crippen LogP contribution is 2.29. The van der Waals surface area contributed by atoms with Crippen molar-refractivity contribution in [1.82, 2.24) is 5.32 Å². The van der Waals surface area contributed by atoms with Gasteiger partial charge in [0.25, 0.3) is 5.91 Å². The van der Waals surface area contributed by atoms with Crippen LogP contribution in [0.3, 0.4) is 0 Å². The van der Waals surface area contributed by atoms with Crippen molar-refractivity contribution < 1.29 is 19.4 Å². The van der Waals surface area contributed by atoms with Crippen LogP contribution in [0.15, 0.2) is 12.1 Å². The summed E-state index contributed by atoms with van der Waals surface area (Å²) in [6, 6.07) is 2.13. The van der Waals surface area contributed by atoms with Gasteiger partial charge < -0.3 is 15.5 Å². The van der Waals surface area contributed by atoms with E-state index < -0.39 is 23.2 Å². The van der Waals surface area contributed by atoms with Gasteiger partial charge in [-0.05, 0) is 12.1 Å². The van der Waals surface area contributed by atoms with E-state index in [9.17, 15) is 9.18 Å². The van der Waals surface area contributed by atoms with Gasteiger partial charge in [0.2, 0.25) is 0 Å². The predicted octanol–water partition coefficient (Wildman–Crippen LogP) is 1.62. The van der Waals surface area contributed by atoms with Crippen molar-refractivity contribution in [1.29, 1.82) is 0 Å². The van der Waals surface area contributed by atoms with Gasteiger partial charge >= 0.3 is 0 Å². The van der Waals surface area contributed by atoms with Crippen molar-refractivity contribution in [3.8, 4) is 11.5 Å². The molecule has 0 aliphatic heterocycles. The molecule has 0 bridgehead atoms. The van der Waals surface area contributed by atoms with Gasteiger partial charge in [-0.1, -0.05) is 13.8 Å². The minimum absolute atomic E-state index is 0.308. The van der Waals surface area contributed by atoms with Crippen LogP contribution in [0.2, 0.25) is 0 Å². The zero-order chi connectivity index (χ0) is 12.0. The Hall–Kier alpha value is -1.78. The second-order valence-electron chi connectivity index (χ2n) is 2.37. The Balaban J connectivity index is 0.000000921. The van der Waals surface area contributed by atoms with E-state index in [-0.39, 0.29) is 5.56 Å². The molecule has 15 heavy (non-hydrogen) atoms. The molecular formula is C10H14FNO3. The smallest absolute Gasteiger partial charge is 0.254 e. The van der Waals surface area contributed by atoms with Crippen molar-refractivity contribution in [2.45, 2.75) is 13.8 Å². The van der Waals surface area contributed by atoms with Crippen molar-refractivity contribution in [2.75, 3.05) is 7.05 Å². The zero-order valence-electron chi connectivity index (χ0n) is 8.84. The Morgan fingerprint density at radius 3 is 2.33 bits per heavy atom. The lowest BCUT2D eigenvalue weighted by Crippen LogP contribution is -2.19. The number of benzene rings is 1. The van der Waals surface area contributed by atoms with Crippen molar-refractivity contribution in [3.05, 3.63) is 23.5 Å². The first-order valence-corrected chi connectivity index (χ1v) is 4.50. The van der Waals surface area contributed by atoms with Crippen LogP contribution in [0.4, 0.5) is 4.39 Å². The third-order valence-electron chi connectivity index (χ3n) is 1.57. The number of phenols is 2. The number of hydrogen-bond donors (Lipinski definition) is 3. The lowest BCUT2D eigenvalue weighted by Gasteiger charge is -2.04. The van der Waals surface area contributed by atoms with E-state index in [1.807, 2.05) is 13.8 Å². The minimum atomic E-state index is -1.13. The number of nitrogens with one attached hydrogen (secondary N) is 1. The van der Waals surface area contributed by atoms with Gasteiger partial charge in [-0.3, -0.25) is 4.79 Å². The Morgan fingerprint density at radius 2 is 1.87 bits per heavy atom. The van der Waals surface area contributed by atoms with E-state index in [1.54, 1.807) is 0 Å². The van der Waals surface area contributed by atoms with Crippen LogP contribution in [0.25, 0.3) is 0 Å². The molecule has 0 fully saturated rings. The summed E-state index contributed by atoms with van der Waals surface area (Å²) in [5, 5.41) is 20.0. The third-order valence-corrected chi connectivity index (χ3v) is 1.57. The number of aromatic hydroxyl groups is 2. The quantitative estimate of drug-likeness (QED) is 0.623. The molecule has 4 nitrogen and oxygen atoms in total. The number of carbonyl (C=O) groups is 1. The molecule has 1 rings (SSSR count). The van der Waals surface area contributed by atoms with E-state index in [0.29, 0.717) is 0 Å². The number of hydrogen-bond acceptors (Lipinski definition) is 3. The SMILES string of the molecule is CC.CNC(=O)c1ccc(O)c(O)c1F. The summed E-state index contributed by atoms with van der Waals surface area (Å²) >= 11 is 0. The van der Waals surface area contributed by atoms with E-state index in [4.69, 9.17) is 10.2 Å². The molecular weight excluding hydrogens is 201 g/mol. The average molecular weight is 215 g/mol. The van der Waals surface area contributed by atoms with Crippen LogP contribution < -0.4 is 5.32 Å². The molecule has 3 N–H and O–H groups in total. The van der Waals surface area contributed by atoms with E-state index in [0.717, 1.165) is 12.1 Å². The van der Waals surface area contributed by atoms with Gasteiger partial charge in [0, 0.05) is 7.05 Å². The fourth-order valence-corrected chi connectivity index (χ4v) is 0.864. The predicted molar refractivity (Wildman–Crippen MR) is 54.5 cm³/mol. The summed E-state index contributed by atoms with van der Waals surface area (Å²) in [6.45, 7) is 4.00. The summed E-state index contributed by atoms with van der Waals surface area (Å²) in [5.74, 6) is -3.29. The molecule has 0 spiro atoms. The van der Waals surface area contributed by atoms with Crippen molar-refractivity contribution in [3.63, 3.8) is 0 Å². The average Bonchev–Trinajstić information content (AvgIpc) is 2.28. The summed E-state index contributed by atoms with van der Waals surface area (Å²) in [7, 11) is 1.34. The highest BCUT2D eigenvalue weighted by molar-refractivity contribution is 5.94. The first-order chi connectivity index (χ1) is 7.07. The number of phenolic OH excluding ortho intramolecular Hbond substituents is 2. The summed E-state index contributed by atoms with van der Waals surface area (Å²) in [6.07, 6.45) is 0. The Morgan fingerprint density at radius 1 is 1.33 bits per heavy atom. The van der Waals surface area contributed by atoms with E-state index in [1.165, 1.54) is 7.05 Å². The second kappa shape index (κ2) is 5.85. The Bertz CT molecular complexity index is 353. The number of rotatable bonds is 1. The zero-order valence-corrected chi connectivity index (χ0v) is 8.84. The molecule has 1 amide bonds. The molecule has 0 saturated carbocycles. The van der Waals surface area contributed by atoms with Gasteiger partial charge in [0.1, 0.15) is 0 Å². The minimum Gasteiger partial charge on any atom is -0.504 e. The first-order valence-electron chi connectivity index (χ1n) is 4.50. The van der Waals surface area contributed by atoms with Crippen LogP contribution in [0.5, 0.6) is 11.5 Å². The van der Waals surface area contributed by atoms with Crippen LogP contribution >= 0.6 is 0 Å².